The summed E-state index contributed by atoms with van der Waals surface area (Å²) in [5, 5.41) is 8.92. The highest BCUT2D eigenvalue weighted by Gasteiger charge is 2.27. The van der Waals surface area contributed by atoms with Gasteiger partial charge in [0.1, 0.15) is 6.04 Å². The van der Waals surface area contributed by atoms with Gasteiger partial charge in [0.05, 0.1) is 6.20 Å². The lowest BCUT2D eigenvalue weighted by molar-refractivity contribution is -0.141. The summed E-state index contributed by atoms with van der Waals surface area (Å²) >= 11 is 0. The number of hydrogen-bond acceptors (Lipinski definition) is 3. The Bertz CT molecular complexity index is 345. The van der Waals surface area contributed by atoms with Crippen molar-refractivity contribution in [3.63, 3.8) is 0 Å². The summed E-state index contributed by atoms with van der Waals surface area (Å²) in [6.45, 7) is 0. The predicted molar refractivity (Wildman–Crippen MR) is 46.3 cm³/mol. The van der Waals surface area contributed by atoms with Gasteiger partial charge >= 0.3 is 5.97 Å². The fourth-order valence-corrected chi connectivity index (χ4v) is 1.80. The minimum Gasteiger partial charge on any atom is -0.480 e. The highest BCUT2D eigenvalue weighted by atomic mass is 16.4. The number of nitrogen functional groups attached to an aromatic ring is 1. The van der Waals surface area contributed by atoms with Gasteiger partial charge < -0.3 is 15.4 Å². The number of aryl methyl sites for hydroxylation is 1. The smallest absolute Gasteiger partial charge is 0.326 e. The molecule has 2 rings (SSSR count). The summed E-state index contributed by atoms with van der Waals surface area (Å²) in [7, 11) is 0. The molecule has 0 aromatic carbocycles. The Balaban J connectivity index is 2.46. The summed E-state index contributed by atoms with van der Waals surface area (Å²) in [5.74, 6) is -0.521. The quantitative estimate of drug-likeness (QED) is 0.658. The van der Waals surface area contributed by atoms with Gasteiger partial charge in [-0.15, -0.1) is 0 Å². The van der Waals surface area contributed by atoms with Crippen LogP contribution in [0.15, 0.2) is 6.20 Å². The number of nitrogens with zero attached hydrogens (tertiary/aromatic N) is 2. The van der Waals surface area contributed by atoms with Crippen molar-refractivity contribution in [1.29, 1.82) is 0 Å². The predicted octanol–water partition coefficient (Wildman–Crippen LogP) is 0.427. The average Bonchev–Trinajstić information content (AvgIpc) is 2.48. The van der Waals surface area contributed by atoms with E-state index in [1.54, 1.807) is 10.8 Å². The van der Waals surface area contributed by atoms with Crippen molar-refractivity contribution in [1.82, 2.24) is 9.55 Å². The molecular weight excluding hydrogens is 170 g/mol. The van der Waals surface area contributed by atoms with Gasteiger partial charge in [-0.25, -0.2) is 9.78 Å². The molecule has 0 radical (unpaired) electrons. The van der Waals surface area contributed by atoms with E-state index < -0.39 is 12.0 Å². The fraction of sp³-hybridized carbons (Fsp3) is 0.500. The molecule has 2 heterocycles. The zero-order chi connectivity index (χ0) is 9.42. The van der Waals surface area contributed by atoms with Gasteiger partial charge in [-0.05, 0) is 19.3 Å². The molecule has 0 amide bonds. The third-order valence-corrected chi connectivity index (χ3v) is 2.41. The second-order valence-electron chi connectivity index (χ2n) is 3.22. The molecule has 1 aliphatic heterocycles. The van der Waals surface area contributed by atoms with Crippen LogP contribution in [0.1, 0.15) is 24.6 Å². The SMILES string of the molecule is Nc1ncc2n1C(C(=O)O)CCC2. The molecule has 70 valence electrons. The lowest BCUT2D eigenvalue weighted by Crippen LogP contribution is -2.25. The van der Waals surface area contributed by atoms with Crippen molar-refractivity contribution in [3.8, 4) is 0 Å². The van der Waals surface area contributed by atoms with Crippen molar-refractivity contribution in [2.75, 3.05) is 5.73 Å². The standard InChI is InChI=1S/C8H11N3O2/c9-8-10-4-5-2-1-3-6(7(12)13)11(5)8/h4,6H,1-3H2,(H2,9,10)(H,12,13). The minimum absolute atomic E-state index is 0.308. The zero-order valence-corrected chi connectivity index (χ0v) is 7.10. The summed E-state index contributed by atoms with van der Waals surface area (Å²) in [5.41, 5.74) is 6.51. The van der Waals surface area contributed by atoms with Crippen molar-refractivity contribution in [2.45, 2.75) is 25.3 Å². The van der Waals surface area contributed by atoms with E-state index in [2.05, 4.69) is 4.98 Å². The Morgan fingerprint density at radius 1 is 1.77 bits per heavy atom. The molecule has 0 aliphatic carbocycles. The van der Waals surface area contributed by atoms with Crippen molar-refractivity contribution >= 4 is 11.9 Å². The fourth-order valence-electron chi connectivity index (χ4n) is 1.80. The average molecular weight is 181 g/mol. The van der Waals surface area contributed by atoms with E-state index in [1.807, 2.05) is 0 Å². The molecule has 5 nitrogen and oxygen atoms in total. The maximum absolute atomic E-state index is 10.9. The zero-order valence-electron chi connectivity index (χ0n) is 7.10. The van der Waals surface area contributed by atoms with Crippen LogP contribution in [0, 0.1) is 0 Å². The molecule has 1 aromatic heterocycles. The Morgan fingerprint density at radius 2 is 2.54 bits per heavy atom. The van der Waals surface area contributed by atoms with Gasteiger partial charge in [-0.3, -0.25) is 0 Å². The highest BCUT2D eigenvalue weighted by molar-refractivity contribution is 5.72. The van der Waals surface area contributed by atoms with Crippen molar-refractivity contribution in [2.24, 2.45) is 0 Å². The van der Waals surface area contributed by atoms with Gasteiger partial charge in [0.25, 0.3) is 0 Å². The highest BCUT2D eigenvalue weighted by Crippen LogP contribution is 2.27. The largest absolute Gasteiger partial charge is 0.480 e. The molecule has 1 unspecified atom stereocenters. The number of carboxylic acids is 1. The number of aromatic nitrogens is 2. The van der Waals surface area contributed by atoms with E-state index in [9.17, 15) is 4.79 Å². The summed E-state index contributed by atoms with van der Waals surface area (Å²) in [6, 6.07) is -0.522. The Hall–Kier alpha value is -1.52. The second kappa shape index (κ2) is 2.76. The number of rotatable bonds is 1. The van der Waals surface area contributed by atoms with E-state index in [1.165, 1.54) is 0 Å². The van der Waals surface area contributed by atoms with Crippen LogP contribution in [-0.4, -0.2) is 20.6 Å². The molecule has 1 atom stereocenters. The third kappa shape index (κ3) is 1.16. The van der Waals surface area contributed by atoms with Crippen LogP contribution in [0.4, 0.5) is 5.95 Å². The second-order valence-corrected chi connectivity index (χ2v) is 3.22. The lowest BCUT2D eigenvalue weighted by atomic mass is 10.0. The van der Waals surface area contributed by atoms with Crippen LogP contribution in [0.2, 0.25) is 0 Å². The number of anilines is 1. The van der Waals surface area contributed by atoms with Gasteiger partial charge in [0, 0.05) is 5.69 Å². The number of nitrogens with two attached hydrogens (primary N) is 1. The topological polar surface area (TPSA) is 81.1 Å². The molecule has 0 spiro atoms. The van der Waals surface area contributed by atoms with Crippen LogP contribution < -0.4 is 5.73 Å². The maximum atomic E-state index is 10.9. The molecule has 0 saturated carbocycles. The van der Waals surface area contributed by atoms with Crippen LogP contribution in [0.25, 0.3) is 0 Å². The van der Waals surface area contributed by atoms with Gasteiger partial charge in [0.15, 0.2) is 0 Å². The summed E-state index contributed by atoms with van der Waals surface area (Å²) in [6.07, 6.45) is 4.06. The minimum atomic E-state index is -0.828. The maximum Gasteiger partial charge on any atom is 0.326 e. The van der Waals surface area contributed by atoms with Crippen LogP contribution in [-0.2, 0) is 11.2 Å². The number of hydrogen-bond donors (Lipinski definition) is 2. The molecule has 0 bridgehead atoms. The van der Waals surface area contributed by atoms with Crippen LogP contribution in [0.3, 0.4) is 0 Å². The molecule has 3 N–H and O–H groups in total. The first kappa shape index (κ1) is 8.10. The van der Waals surface area contributed by atoms with E-state index in [0.29, 0.717) is 12.4 Å². The number of carbonyl (C=O) groups is 1. The molecule has 0 saturated heterocycles. The van der Waals surface area contributed by atoms with E-state index in [0.717, 1.165) is 18.5 Å². The number of carboxylic acid groups (broad SMARTS) is 1. The van der Waals surface area contributed by atoms with E-state index >= 15 is 0 Å². The first-order valence-electron chi connectivity index (χ1n) is 4.24. The monoisotopic (exact) mass is 181 g/mol. The number of fused-ring (bicyclic) bond motifs is 1. The van der Waals surface area contributed by atoms with Crippen LogP contribution >= 0.6 is 0 Å². The number of imidazole rings is 1. The van der Waals surface area contributed by atoms with Gasteiger partial charge in [0.2, 0.25) is 5.95 Å². The molecule has 1 aliphatic rings. The normalized spacial score (nSPS) is 21.1. The van der Waals surface area contributed by atoms with Crippen molar-refractivity contribution < 1.29 is 9.90 Å². The first-order chi connectivity index (χ1) is 6.20. The molecular formula is C8H11N3O2. The molecule has 0 fully saturated rings. The first-order valence-corrected chi connectivity index (χ1v) is 4.24. The van der Waals surface area contributed by atoms with Crippen LogP contribution in [0.5, 0.6) is 0 Å². The van der Waals surface area contributed by atoms with Gasteiger partial charge in [-0.2, -0.15) is 0 Å². The summed E-state index contributed by atoms with van der Waals surface area (Å²) in [4.78, 5) is 14.8. The van der Waals surface area contributed by atoms with Gasteiger partial charge in [-0.1, -0.05) is 0 Å². The number of aliphatic carboxylic acids is 1. The Morgan fingerprint density at radius 3 is 3.23 bits per heavy atom. The van der Waals surface area contributed by atoms with E-state index in [-0.39, 0.29) is 0 Å². The molecule has 13 heavy (non-hydrogen) atoms. The Kier molecular flexibility index (Phi) is 1.72. The Labute approximate surface area is 75.2 Å². The van der Waals surface area contributed by atoms with E-state index in [4.69, 9.17) is 10.8 Å². The summed E-state index contributed by atoms with van der Waals surface area (Å²) < 4.78 is 1.62. The molecule has 1 aromatic rings. The molecule has 5 heteroatoms. The third-order valence-electron chi connectivity index (χ3n) is 2.41. The van der Waals surface area contributed by atoms with Crippen molar-refractivity contribution in [3.05, 3.63) is 11.9 Å². The lowest BCUT2D eigenvalue weighted by Gasteiger charge is -2.22.